The highest BCUT2D eigenvalue weighted by Crippen LogP contribution is 2.70. The molecule has 4 aromatic carbocycles. The zero-order chi connectivity index (χ0) is 28.4. The molecule has 0 saturated carbocycles. The second-order valence-electron chi connectivity index (χ2n) is 10.4. The second-order valence-corrected chi connectivity index (χ2v) is 14.9. The fourth-order valence-corrected chi connectivity index (χ4v) is 10.1. The first-order chi connectivity index (χ1) is 19.4. The van der Waals surface area contributed by atoms with Gasteiger partial charge in [0.25, 0.3) is 0 Å². The Morgan fingerprint density at radius 1 is 0.525 bits per heavy atom. The minimum Gasteiger partial charge on any atom is -0.203 e. The molecule has 0 heterocycles. The predicted octanol–water partition coefficient (Wildman–Crippen LogP) is 10.1. The number of benzene rings is 4. The Morgan fingerprint density at radius 3 is 1.40 bits per heavy atom. The van der Waals surface area contributed by atoms with E-state index in [0.29, 0.717) is 0 Å². The molecule has 0 unspecified atom stereocenters. The lowest BCUT2D eigenvalue weighted by Crippen LogP contribution is -2.14. The lowest BCUT2D eigenvalue weighted by atomic mass is 10.1. The summed E-state index contributed by atoms with van der Waals surface area (Å²) in [4.78, 5) is 2.75. The maximum Gasteiger partial charge on any atom is 0.307 e. The van der Waals surface area contributed by atoms with Gasteiger partial charge in [-0.1, -0.05) is 99.7 Å². The third kappa shape index (κ3) is 7.25. The van der Waals surface area contributed by atoms with Gasteiger partial charge in [-0.25, -0.2) is 3.63 Å². The van der Waals surface area contributed by atoms with Crippen LogP contribution in [-0.4, -0.2) is 8.42 Å². The van der Waals surface area contributed by atoms with Crippen molar-refractivity contribution < 1.29 is 12.0 Å². The summed E-state index contributed by atoms with van der Waals surface area (Å²) in [6, 6.07) is 33.6. The summed E-state index contributed by atoms with van der Waals surface area (Å²) in [5, 5.41) is 0. The molecule has 0 bridgehead atoms. The van der Waals surface area contributed by atoms with Gasteiger partial charge in [0.05, 0.1) is 4.90 Å². The van der Waals surface area contributed by atoms with E-state index in [4.69, 9.17) is 3.63 Å². The van der Waals surface area contributed by atoms with E-state index in [0.717, 1.165) is 45.9 Å². The molecule has 0 saturated heterocycles. The number of unbranched alkanes of at least 4 members (excludes halogenated alkanes) is 4. The zero-order valence-electron chi connectivity index (χ0n) is 24.0. The van der Waals surface area contributed by atoms with Crippen LogP contribution in [0, 0.1) is 6.92 Å². The van der Waals surface area contributed by atoms with Crippen molar-refractivity contribution in [2.45, 2.75) is 91.7 Å². The monoisotopic (exact) mass is 574 g/mol. The van der Waals surface area contributed by atoms with Gasteiger partial charge in [0.15, 0.2) is 0 Å². The number of aryl methyl sites for hydroxylation is 3. The molecule has 0 spiro atoms. The van der Waals surface area contributed by atoms with E-state index in [1.165, 1.54) is 36.8 Å². The first kappa shape index (κ1) is 30.1. The summed E-state index contributed by atoms with van der Waals surface area (Å²) in [6.45, 7) is 6.37. The summed E-state index contributed by atoms with van der Waals surface area (Å²) in [6.07, 6.45) is 9.06. The quantitative estimate of drug-likeness (QED) is 0.141. The third-order valence-electron chi connectivity index (χ3n) is 7.22. The first-order valence-electron chi connectivity index (χ1n) is 14.5. The van der Waals surface area contributed by atoms with Crippen molar-refractivity contribution in [3.05, 3.63) is 120 Å². The SMILES string of the molecule is CCCCCc1ccc(S(OS(=O)(=O)c2ccc(C)cc2)(c2ccccc2)c2ccc(CCCCC)cc2)cc1. The molecule has 0 fully saturated rings. The molecule has 40 heavy (non-hydrogen) atoms. The molecule has 3 nitrogen and oxygen atoms in total. The van der Waals surface area contributed by atoms with Crippen molar-refractivity contribution in [1.82, 2.24) is 0 Å². The Labute approximate surface area is 243 Å². The first-order valence-corrected chi connectivity index (χ1v) is 17.4. The molecular formula is C35H42O3S2. The summed E-state index contributed by atoms with van der Waals surface area (Å²) >= 11 is 0. The van der Waals surface area contributed by atoms with Crippen LogP contribution in [0.25, 0.3) is 0 Å². The van der Waals surface area contributed by atoms with Crippen LogP contribution in [0.15, 0.2) is 123 Å². The smallest absolute Gasteiger partial charge is 0.203 e. The predicted molar refractivity (Wildman–Crippen MR) is 168 cm³/mol. The molecule has 4 rings (SSSR count). The van der Waals surface area contributed by atoms with Crippen LogP contribution in [0.1, 0.15) is 69.1 Å². The van der Waals surface area contributed by atoms with E-state index >= 15 is 0 Å². The van der Waals surface area contributed by atoms with Crippen molar-refractivity contribution in [1.29, 1.82) is 0 Å². The van der Waals surface area contributed by atoms with Crippen LogP contribution in [0.2, 0.25) is 0 Å². The Kier molecular flexibility index (Phi) is 10.7. The molecule has 4 aromatic rings. The number of hydrogen-bond acceptors (Lipinski definition) is 3. The second kappa shape index (κ2) is 14.2. The maximum absolute atomic E-state index is 14.0. The molecule has 0 amide bonds. The fourth-order valence-electron chi connectivity index (χ4n) is 4.87. The van der Waals surface area contributed by atoms with E-state index in [1.54, 1.807) is 12.1 Å². The van der Waals surface area contributed by atoms with E-state index in [2.05, 4.69) is 62.4 Å². The molecule has 0 N–H and O–H groups in total. The molecule has 0 aliphatic carbocycles. The normalized spacial score (nSPS) is 12.4. The van der Waals surface area contributed by atoms with Gasteiger partial charge < -0.3 is 0 Å². The number of hydrogen-bond donors (Lipinski definition) is 0. The van der Waals surface area contributed by atoms with Crippen LogP contribution < -0.4 is 0 Å². The van der Waals surface area contributed by atoms with Crippen molar-refractivity contribution in [3.8, 4) is 0 Å². The van der Waals surface area contributed by atoms with Gasteiger partial charge in [0.2, 0.25) is 0 Å². The van der Waals surface area contributed by atoms with Gasteiger partial charge in [-0.2, -0.15) is 8.42 Å². The lowest BCUT2D eigenvalue weighted by Gasteiger charge is -2.39. The minimum absolute atomic E-state index is 0.165. The van der Waals surface area contributed by atoms with Gasteiger partial charge >= 0.3 is 10.1 Å². The van der Waals surface area contributed by atoms with Crippen LogP contribution in [-0.2, 0) is 26.6 Å². The van der Waals surface area contributed by atoms with E-state index in [1.807, 2.05) is 49.4 Å². The molecule has 0 aromatic heterocycles. The molecule has 0 radical (unpaired) electrons. The molecule has 5 heteroatoms. The highest BCUT2D eigenvalue weighted by atomic mass is 32.3. The van der Waals surface area contributed by atoms with Crippen molar-refractivity contribution in [2.24, 2.45) is 0 Å². The van der Waals surface area contributed by atoms with Gasteiger partial charge in [-0.15, -0.1) is 0 Å². The highest BCUT2D eigenvalue weighted by molar-refractivity contribution is 8.33. The molecule has 0 aliphatic heterocycles. The van der Waals surface area contributed by atoms with E-state index < -0.39 is 20.4 Å². The van der Waals surface area contributed by atoms with Crippen LogP contribution in [0.3, 0.4) is 0 Å². The topological polar surface area (TPSA) is 43.4 Å². The van der Waals surface area contributed by atoms with Crippen LogP contribution in [0.4, 0.5) is 0 Å². The summed E-state index contributed by atoms with van der Waals surface area (Å²) in [5.41, 5.74) is 3.51. The highest BCUT2D eigenvalue weighted by Gasteiger charge is 2.38. The molecular weight excluding hydrogens is 533 g/mol. The van der Waals surface area contributed by atoms with E-state index in [-0.39, 0.29) is 4.90 Å². The summed E-state index contributed by atoms with van der Waals surface area (Å²) in [5.74, 6) is 0. The largest absolute Gasteiger partial charge is 0.307 e. The van der Waals surface area contributed by atoms with E-state index in [9.17, 15) is 8.42 Å². The van der Waals surface area contributed by atoms with Crippen molar-refractivity contribution >= 4 is 20.4 Å². The third-order valence-corrected chi connectivity index (χ3v) is 12.4. The van der Waals surface area contributed by atoms with Crippen molar-refractivity contribution in [3.63, 3.8) is 0 Å². The average molecular weight is 575 g/mol. The minimum atomic E-state index is -4.10. The Balaban J connectivity index is 1.86. The average Bonchev–Trinajstić information content (AvgIpc) is 2.98. The fraction of sp³-hybridized carbons (Fsp3) is 0.314. The lowest BCUT2D eigenvalue weighted by molar-refractivity contribution is 0.508. The van der Waals surface area contributed by atoms with Crippen LogP contribution >= 0.6 is 10.3 Å². The molecule has 0 aliphatic rings. The van der Waals surface area contributed by atoms with Gasteiger partial charge in [0, 0.05) is 14.7 Å². The maximum atomic E-state index is 14.0. The molecule has 212 valence electrons. The number of rotatable bonds is 14. The standard InChI is InChI=1S/C35H42O3S2/c1-4-6-9-13-30-19-25-33(26-20-30)39(32-15-11-8-12-16-32,34-27-21-31(22-28-34)14-10-7-5-2)38-40(36,37)35-23-17-29(3)18-24-35/h8,11-12,15-28H,4-7,9-10,13-14H2,1-3H3. The summed E-state index contributed by atoms with van der Waals surface area (Å²) < 4.78 is 34.5. The van der Waals surface area contributed by atoms with Gasteiger partial charge in [-0.05, 0) is 103 Å². The molecule has 0 atom stereocenters. The Bertz CT molecular complexity index is 1370. The zero-order valence-corrected chi connectivity index (χ0v) is 25.6. The van der Waals surface area contributed by atoms with Gasteiger partial charge in [-0.3, -0.25) is 0 Å². The van der Waals surface area contributed by atoms with Crippen LogP contribution in [0.5, 0.6) is 0 Å². The van der Waals surface area contributed by atoms with Crippen molar-refractivity contribution in [2.75, 3.05) is 0 Å². The Hall–Kier alpha value is -2.86. The summed E-state index contributed by atoms with van der Waals surface area (Å²) in [7, 11) is -6.72. The Morgan fingerprint density at radius 2 is 0.950 bits per heavy atom. The van der Waals surface area contributed by atoms with Gasteiger partial charge in [0.1, 0.15) is 0 Å².